The molecule has 0 radical (unpaired) electrons. The van der Waals surface area contributed by atoms with Gasteiger partial charge in [-0.15, -0.1) is 10.2 Å². The van der Waals surface area contributed by atoms with Crippen molar-refractivity contribution in [1.82, 2.24) is 19.7 Å². The number of nitrogens with zero attached hydrogens (tertiary/aromatic N) is 5. The summed E-state index contributed by atoms with van der Waals surface area (Å²) >= 11 is 0. The number of nitriles is 1. The molecule has 0 atom stereocenters. The molecule has 2 aromatic heterocycles. The first-order valence-corrected chi connectivity index (χ1v) is 6.58. The summed E-state index contributed by atoms with van der Waals surface area (Å²) in [4.78, 5) is 4.33. The molecule has 0 N–H and O–H groups in total. The van der Waals surface area contributed by atoms with E-state index < -0.39 is 0 Å². The molecule has 0 aliphatic heterocycles. The van der Waals surface area contributed by atoms with E-state index in [2.05, 4.69) is 21.3 Å². The van der Waals surface area contributed by atoms with Crippen LogP contribution >= 0.6 is 0 Å². The molecule has 0 aliphatic carbocycles. The fourth-order valence-electron chi connectivity index (χ4n) is 2.17. The van der Waals surface area contributed by atoms with Crippen LogP contribution in [0.3, 0.4) is 0 Å². The third kappa shape index (κ3) is 2.65. The fraction of sp³-hybridized carbons (Fsp3) is 0.125. The molecule has 0 aliphatic rings. The number of hydrogen-bond donors (Lipinski definition) is 0. The molecule has 3 aromatic rings. The molecule has 0 unspecified atom stereocenters. The zero-order valence-corrected chi connectivity index (χ0v) is 11.6. The number of rotatable bonds is 3. The molecule has 2 heterocycles. The first-order chi connectivity index (χ1) is 10.3. The molecular formula is C16H13N5. The summed E-state index contributed by atoms with van der Waals surface area (Å²) in [5.41, 5.74) is 2.43. The SMILES string of the molecule is Cc1nnc(-c2cccc(C#N)c2)n1Cc1ccccn1. The topological polar surface area (TPSA) is 67.4 Å². The quantitative estimate of drug-likeness (QED) is 0.736. The van der Waals surface area contributed by atoms with Gasteiger partial charge in [-0.3, -0.25) is 4.98 Å². The Morgan fingerprint density at radius 1 is 1.14 bits per heavy atom. The van der Waals surface area contributed by atoms with Crippen LogP contribution in [0.15, 0.2) is 48.7 Å². The van der Waals surface area contributed by atoms with Gasteiger partial charge >= 0.3 is 0 Å². The molecule has 21 heavy (non-hydrogen) atoms. The monoisotopic (exact) mass is 275 g/mol. The van der Waals surface area contributed by atoms with E-state index in [1.54, 1.807) is 12.3 Å². The second-order valence-electron chi connectivity index (χ2n) is 4.67. The predicted molar refractivity (Wildman–Crippen MR) is 78.2 cm³/mol. The maximum atomic E-state index is 9.02. The van der Waals surface area contributed by atoms with Gasteiger partial charge in [0.1, 0.15) is 5.82 Å². The van der Waals surface area contributed by atoms with E-state index in [1.807, 2.05) is 47.9 Å². The van der Waals surface area contributed by atoms with E-state index in [0.717, 1.165) is 22.9 Å². The second-order valence-corrected chi connectivity index (χ2v) is 4.67. The van der Waals surface area contributed by atoms with Crippen LogP contribution in [0.5, 0.6) is 0 Å². The average molecular weight is 275 g/mol. The zero-order chi connectivity index (χ0) is 14.7. The lowest BCUT2D eigenvalue weighted by Gasteiger charge is -2.08. The van der Waals surface area contributed by atoms with E-state index in [4.69, 9.17) is 5.26 Å². The molecule has 0 saturated heterocycles. The molecule has 0 saturated carbocycles. The lowest BCUT2D eigenvalue weighted by molar-refractivity contribution is 0.748. The van der Waals surface area contributed by atoms with Gasteiger partial charge in [-0.05, 0) is 31.2 Å². The van der Waals surface area contributed by atoms with Gasteiger partial charge in [-0.25, -0.2) is 0 Å². The van der Waals surface area contributed by atoms with Crippen LogP contribution in [0.2, 0.25) is 0 Å². The van der Waals surface area contributed by atoms with E-state index in [0.29, 0.717) is 12.1 Å². The van der Waals surface area contributed by atoms with Crippen LogP contribution in [0.4, 0.5) is 0 Å². The summed E-state index contributed by atoms with van der Waals surface area (Å²) in [6, 6.07) is 15.3. The number of aryl methyl sites for hydroxylation is 1. The van der Waals surface area contributed by atoms with Crippen molar-refractivity contribution in [3.8, 4) is 17.5 Å². The predicted octanol–water partition coefficient (Wildman–Crippen LogP) is 2.57. The third-order valence-corrected chi connectivity index (χ3v) is 3.23. The van der Waals surface area contributed by atoms with Crippen molar-refractivity contribution < 1.29 is 0 Å². The highest BCUT2D eigenvalue weighted by molar-refractivity contribution is 5.58. The molecule has 0 spiro atoms. The van der Waals surface area contributed by atoms with Crippen LogP contribution < -0.4 is 0 Å². The Morgan fingerprint density at radius 2 is 2.05 bits per heavy atom. The first-order valence-electron chi connectivity index (χ1n) is 6.58. The van der Waals surface area contributed by atoms with Crippen LogP contribution in [0, 0.1) is 18.3 Å². The van der Waals surface area contributed by atoms with Crippen molar-refractivity contribution in [2.75, 3.05) is 0 Å². The van der Waals surface area contributed by atoms with Gasteiger partial charge in [0.15, 0.2) is 5.82 Å². The Morgan fingerprint density at radius 3 is 2.81 bits per heavy atom. The maximum absolute atomic E-state index is 9.02. The van der Waals surface area contributed by atoms with Gasteiger partial charge in [0, 0.05) is 11.8 Å². The minimum Gasteiger partial charge on any atom is -0.305 e. The Labute approximate surface area is 122 Å². The summed E-state index contributed by atoms with van der Waals surface area (Å²) in [5, 5.41) is 17.4. The van der Waals surface area contributed by atoms with Gasteiger partial charge in [0.05, 0.1) is 23.9 Å². The van der Waals surface area contributed by atoms with Gasteiger partial charge in [-0.2, -0.15) is 5.26 Å². The Hall–Kier alpha value is -3.00. The van der Waals surface area contributed by atoms with Crippen molar-refractivity contribution in [2.45, 2.75) is 13.5 Å². The second kappa shape index (κ2) is 5.55. The number of aromatic nitrogens is 4. The number of hydrogen-bond acceptors (Lipinski definition) is 4. The van der Waals surface area contributed by atoms with Crippen molar-refractivity contribution in [3.63, 3.8) is 0 Å². The molecule has 102 valence electrons. The third-order valence-electron chi connectivity index (χ3n) is 3.23. The molecule has 5 heteroatoms. The minimum atomic E-state index is 0.603. The van der Waals surface area contributed by atoms with Crippen LogP contribution in [-0.4, -0.2) is 19.7 Å². The first kappa shape index (κ1) is 13.0. The Bertz CT molecular complexity index is 799. The molecule has 0 amide bonds. The Balaban J connectivity index is 2.03. The van der Waals surface area contributed by atoms with Crippen molar-refractivity contribution in [2.24, 2.45) is 0 Å². The minimum absolute atomic E-state index is 0.603. The summed E-state index contributed by atoms with van der Waals surface area (Å²) in [5.74, 6) is 1.56. The Kier molecular flexibility index (Phi) is 3.44. The van der Waals surface area contributed by atoms with Gasteiger partial charge in [0.2, 0.25) is 0 Å². The summed E-state index contributed by atoms with van der Waals surface area (Å²) < 4.78 is 2.00. The fourth-order valence-corrected chi connectivity index (χ4v) is 2.17. The zero-order valence-electron chi connectivity index (χ0n) is 11.6. The molecule has 1 aromatic carbocycles. The summed E-state index contributed by atoms with van der Waals surface area (Å²) in [6.07, 6.45) is 1.77. The molecule has 5 nitrogen and oxygen atoms in total. The summed E-state index contributed by atoms with van der Waals surface area (Å²) in [6.45, 7) is 2.51. The van der Waals surface area contributed by atoms with E-state index in [-0.39, 0.29) is 0 Å². The maximum Gasteiger partial charge on any atom is 0.164 e. The highest BCUT2D eigenvalue weighted by Crippen LogP contribution is 2.20. The lowest BCUT2D eigenvalue weighted by atomic mass is 10.1. The van der Waals surface area contributed by atoms with Crippen molar-refractivity contribution in [1.29, 1.82) is 5.26 Å². The number of benzene rings is 1. The van der Waals surface area contributed by atoms with E-state index in [9.17, 15) is 0 Å². The van der Waals surface area contributed by atoms with Crippen molar-refractivity contribution in [3.05, 3.63) is 65.7 Å². The van der Waals surface area contributed by atoms with Crippen LogP contribution in [-0.2, 0) is 6.54 Å². The molecule has 0 bridgehead atoms. The van der Waals surface area contributed by atoms with E-state index in [1.165, 1.54) is 0 Å². The van der Waals surface area contributed by atoms with Crippen LogP contribution in [0.1, 0.15) is 17.1 Å². The average Bonchev–Trinajstić information content (AvgIpc) is 2.89. The smallest absolute Gasteiger partial charge is 0.164 e. The van der Waals surface area contributed by atoms with E-state index >= 15 is 0 Å². The van der Waals surface area contributed by atoms with Crippen molar-refractivity contribution >= 4 is 0 Å². The highest BCUT2D eigenvalue weighted by Gasteiger charge is 2.12. The standard InChI is InChI=1S/C16H13N5/c1-12-19-20-16(14-6-4-5-13(9-14)10-17)21(12)11-15-7-2-3-8-18-15/h2-9H,11H2,1H3. The molecule has 3 rings (SSSR count). The largest absolute Gasteiger partial charge is 0.305 e. The highest BCUT2D eigenvalue weighted by atomic mass is 15.3. The lowest BCUT2D eigenvalue weighted by Crippen LogP contribution is -2.05. The van der Waals surface area contributed by atoms with Crippen LogP contribution in [0.25, 0.3) is 11.4 Å². The van der Waals surface area contributed by atoms with Gasteiger partial charge in [0.25, 0.3) is 0 Å². The molecule has 0 fully saturated rings. The van der Waals surface area contributed by atoms with Gasteiger partial charge in [-0.1, -0.05) is 18.2 Å². The number of pyridine rings is 1. The molecular weight excluding hydrogens is 262 g/mol. The normalized spacial score (nSPS) is 10.3. The summed E-state index contributed by atoms with van der Waals surface area (Å²) in [7, 11) is 0. The van der Waals surface area contributed by atoms with Gasteiger partial charge < -0.3 is 4.57 Å².